The molecule has 6 nitrogen and oxygen atoms in total. The molecular weight excluding hydrogens is 340 g/mol. The van der Waals surface area contributed by atoms with Gasteiger partial charge in [0.1, 0.15) is 11.4 Å². The molecule has 0 bridgehead atoms. The molecule has 1 amide bonds. The van der Waals surface area contributed by atoms with Crippen molar-refractivity contribution in [2.24, 2.45) is 0 Å². The van der Waals surface area contributed by atoms with Gasteiger partial charge in [-0.1, -0.05) is 30.3 Å². The van der Waals surface area contributed by atoms with Crippen LogP contribution in [0, 0.1) is 0 Å². The fourth-order valence-corrected chi connectivity index (χ4v) is 2.34. The molecule has 0 aliphatic heterocycles. The Morgan fingerprint density at radius 3 is 2.41 bits per heavy atom. The molecule has 3 rings (SSSR count). The molecule has 0 aliphatic carbocycles. The van der Waals surface area contributed by atoms with Crippen LogP contribution in [0.4, 0.5) is 11.6 Å². The van der Waals surface area contributed by atoms with Crippen molar-refractivity contribution in [3.63, 3.8) is 0 Å². The lowest BCUT2D eigenvalue weighted by atomic mass is 10.1. The van der Waals surface area contributed by atoms with E-state index in [0.717, 1.165) is 0 Å². The number of ether oxygens (including phenoxy) is 1. The first kappa shape index (κ1) is 18.4. The second-order valence-electron chi connectivity index (χ2n) is 7.01. The highest BCUT2D eigenvalue weighted by Gasteiger charge is 2.15. The Kier molecular flexibility index (Phi) is 5.35. The van der Waals surface area contributed by atoms with E-state index in [9.17, 15) is 4.79 Å². The van der Waals surface area contributed by atoms with Crippen LogP contribution in [0.1, 0.15) is 31.3 Å². The number of rotatable bonds is 5. The summed E-state index contributed by atoms with van der Waals surface area (Å²) in [6.07, 6.45) is 1.56. The quantitative estimate of drug-likeness (QED) is 0.686. The van der Waals surface area contributed by atoms with Crippen LogP contribution in [0.15, 0.2) is 66.9 Å². The van der Waals surface area contributed by atoms with Crippen LogP contribution >= 0.6 is 0 Å². The summed E-state index contributed by atoms with van der Waals surface area (Å²) in [5.74, 6) is 1.32. The van der Waals surface area contributed by atoms with Crippen LogP contribution in [0.5, 0.6) is 11.5 Å². The van der Waals surface area contributed by atoms with Crippen molar-refractivity contribution in [3.8, 4) is 11.5 Å². The van der Waals surface area contributed by atoms with Gasteiger partial charge in [-0.05, 0) is 51.1 Å². The molecule has 2 N–H and O–H groups in total. The summed E-state index contributed by atoms with van der Waals surface area (Å²) in [6.45, 7) is 6.00. The lowest BCUT2D eigenvalue weighted by Gasteiger charge is -2.20. The van der Waals surface area contributed by atoms with Gasteiger partial charge in [0.05, 0.1) is 5.69 Å². The standard InChI is InChI=1S/C21H22N4O2/c1-21(2,3)25-20-22-14-13-17(24-20)19(26)23-16-11-7-8-12-18(16)27-15-9-5-4-6-10-15/h4-14H,1-3H3,(H,23,26)(H,22,24,25). The van der Waals surface area contributed by atoms with E-state index < -0.39 is 0 Å². The summed E-state index contributed by atoms with van der Waals surface area (Å²) in [4.78, 5) is 21.1. The topological polar surface area (TPSA) is 76.1 Å². The Bertz CT molecular complexity index is 921. The fourth-order valence-electron chi connectivity index (χ4n) is 2.34. The predicted molar refractivity (Wildman–Crippen MR) is 106 cm³/mol. The number of hydrogen-bond donors (Lipinski definition) is 2. The summed E-state index contributed by atoms with van der Waals surface area (Å²) in [5, 5.41) is 6.01. The number of nitrogens with zero attached hydrogens (tertiary/aromatic N) is 2. The summed E-state index contributed by atoms with van der Waals surface area (Å²) in [7, 11) is 0. The lowest BCUT2D eigenvalue weighted by Crippen LogP contribution is -2.28. The summed E-state index contributed by atoms with van der Waals surface area (Å²) in [6, 6.07) is 18.2. The van der Waals surface area contributed by atoms with E-state index in [1.165, 1.54) is 0 Å². The molecule has 2 aromatic carbocycles. The first-order valence-corrected chi connectivity index (χ1v) is 8.65. The van der Waals surface area contributed by atoms with Crippen LogP contribution in [-0.4, -0.2) is 21.4 Å². The molecule has 0 aliphatic rings. The number of anilines is 2. The minimum Gasteiger partial charge on any atom is -0.455 e. The highest BCUT2D eigenvalue weighted by molar-refractivity contribution is 6.03. The molecule has 27 heavy (non-hydrogen) atoms. The second-order valence-corrected chi connectivity index (χ2v) is 7.01. The molecule has 6 heteroatoms. The first-order chi connectivity index (χ1) is 12.9. The zero-order chi connectivity index (χ0) is 19.3. The van der Waals surface area contributed by atoms with Crippen molar-refractivity contribution < 1.29 is 9.53 Å². The normalized spacial score (nSPS) is 10.9. The second kappa shape index (κ2) is 7.86. The van der Waals surface area contributed by atoms with Crippen LogP contribution in [-0.2, 0) is 0 Å². The van der Waals surface area contributed by atoms with Crippen molar-refractivity contribution in [3.05, 3.63) is 72.6 Å². The Morgan fingerprint density at radius 1 is 0.963 bits per heavy atom. The molecule has 0 saturated carbocycles. The number of hydrogen-bond acceptors (Lipinski definition) is 5. The molecule has 138 valence electrons. The molecule has 1 aromatic heterocycles. The number of nitrogens with one attached hydrogen (secondary N) is 2. The number of carbonyl (C=O) groups excluding carboxylic acids is 1. The largest absolute Gasteiger partial charge is 0.455 e. The molecule has 1 heterocycles. The van der Waals surface area contributed by atoms with Gasteiger partial charge >= 0.3 is 0 Å². The third kappa shape index (κ3) is 5.28. The van der Waals surface area contributed by atoms with Gasteiger partial charge < -0.3 is 15.4 Å². The van der Waals surface area contributed by atoms with Crippen molar-refractivity contribution in [2.45, 2.75) is 26.3 Å². The number of amides is 1. The molecule has 3 aromatic rings. The van der Waals surface area contributed by atoms with E-state index in [4.69, 9.17) is 4.74 Å². The molecule has 0 unspecified atom stereocenters. The van der Waals surface area contributed by atoms with Gasteiger partial charge in [-0.15, -0.1) is 0 Å². The minimum absolute atomic E-state index is 0.203. The number of benzene rings is 2. The van der Waals surface area contributed by atoms with Crippen molar-refractivity contribution in [1.29, 1.82) is 0 Å². The van der Waals surface area contributed by atoms with Gasteiger partial charge in [-0.2, -0.15) is 0 Å². The highest BCUT2D eigenvalue weighted by Crippen LogP contribution is 2.29. The van der Waals surface area contributed by atoms with Crippen molar-refractivity contribution in [2.75, 3.05) is 10.6 Å². The van der Waals surface area contributed by atoms with Gasteiger partial charge in [0.2, 0.25) is 5.95 Å². The van der Waals surface area contributed by atoms with Crippen LogP contribution in [0.3, 0.4) is 0 Å². The van der Waals surface area contributed by atoms with Gasteiger partial charge in [0, 0.05) is 11.7 Å². The summed E-state index contributed by atoms with van der Waals surface area (Å²) in [5.41, 5.74) is 0.632. The Morgan fingerprint density at radius 2 is 1.67 bits per heavy atom. The van der Waals surface area contributed by atoms with Gasteiger partial charge in [0.15, 0.2) is 5.75 Å². The maximum Gasteiger partial charge on any atom is 0.274 e. The Hall–Kier alpha value is -3.41. The van der Waals surface area contributed by atoms with Crippen molar-refractivity contribution >= 4 is 17.5 Å². The molecule has 0 atom stereocenters. The Labute approximate surface area is 158 Å². The van der Waals surface area contributed by atoms with E-state index in [-0.39, 0.29) is 17.1 Å². The zero-order valence-corrected chi connectivity index (χ0v) is 15.6. The van der Waals surface area contributed by atoms with E-state index in [2.05, 4.69) is 20.6 Å². The summed E-state index contributed by atoms with van der Waals surface area (Å²) < 4.78 is 5.88. The number of carbonyl (C=O) groups is 1. The lowest BCUT2D eigenvalue weighted by molar-refractivity contribution is 0.102. The van der Waals surface area contributed by atoms with E-state index in [1.54, 1.807) is 24.4 Å². The van der Waals surface area contributed by atoms with Crippen LogP contribution in [0.25, 0.3) is 0 Å². The third-order valence-corrected chi connectivity index (χ3v) is 3.48. The molecule has 0 saturated heterocycles. The smallest absolute Gasteiger partial charge is 0.274 e. The molecule has 0 fully saturated rings. The fraction of sp³-hybridized carbons (Fsp3) is 0.190. The van der Waals surface area contributed by atoms with Gasteiger partial charge in [0.25, 0.3) is 5.91 Å². The number of aromatic nitrogens is 2. The number of para-hydroxylation sites is 3. The van der Waals surface area contributed by atoms with Crippen LogP contribution in [0.2, 0.25) is 0 Å². The zero-order valence-electron chi connectivity index (χ0n) is 15.6. The van der Waals surface area contributed by atoms with E-state index in [0.29, 0.717) is 23.1 Å². The summed E-state index contributed by atoms with van der Waals surface area (Å²) >= 11 is 0. The molecule has 0 spiro atoms. The maximum atomic E-state index is 12.7. The highest BCUT2D eigenvalue weighted by atomic mass is 16.5. The van der Waals surface area contributed by atoms with E-state index in [1.807, 2.05) is 63.2 Å². The third-order valence-electron chi connectivity index (χ3n) is 3.48. The van der Waals surface area contributed by atoms with E-state index >= 15 is 0 Å². The first-order valence-electron chi connectivity index (χ1n) is 8.65. The minimum atomic E-state index is -0.335. The monoisotopic (exact) mass is 362 g/mol. The van der Waals surface area contributed by atoms with Crippen LogP contribution < -0.4 is 15.4 Å². The average Bonchev–Trinajstić information content (AvgIpc) is 2.63. The average molecular weight is 362 g/mol. The molecular formula is C21H22N4O2. The predicted octanol–water partition coefficient (Wildman–Crippen LogP) is 4.73. The van der Waals surface area contributed by atoms with Crippen molar-refractivity contribution in [1.82, 2.24) is 9.97 Å². The van der Waals surface area contributed by atoms with Gasteiger partial charge in [-0.3, -0.25) is 4.79 Å². The van der Waals surface area contributed by atoms with Gasteiger partial charge in [-0.25, -0.2) is 9.97 Å². The molecule has 0 radical (unpaired) electrons. The SMILES string of the molecule is CC(C)(C)Nc1nccc(C(=O)Nc2ccccc2Oc2ccccc2)n1. The maximum absolute atomic E-state index is 12.7. The Balaban J connectivity index is 1.78.